The predicted octanol–water partition coefficient (Wildman–Crippen LogP) is 2.05. The Morgan fingerprint density at radius 1 is 1.36 bits per heavy atom. The summed E-state index contributed by atoms with van der Waals surface area (Å²) in [5, 5.41) is 2.52. The minimum Gasteiger partial charge on any atom is -0.349 e. The van der Waals surface area contributed by atoms with E-state index in [9.17, 15) is 9.18 Å². The molecule has 0 aromatic heterocycles. The standard InChI is InChI=1S/C11H14FNO/c1-11(2,12)10(14)13-8-9-6-4-3-5-7-9/h3-7H,8H2,1-2H3,(H,13,14). The second-order valence-corrected chi connectivity index (χ2v) is 3.64. The van der Waals surface area contributed by atoms with Gasteiger partial charge in [-0.15, -0.1) is 0 Å². The molecular weight excluding hydrogens is 181 g/mol. The van der Waals surface area contributed by atoms with Gasteiger partial charge in [-0.3, -0.25) is 4.79 Å². The molecule has 1 rings (SSSR count). The lowest BCUT2D eigenvalue weighted by Gasteiger charge is -2.13. The van der Waals surface area contributed by atoms with E-state index in [4.69, 9.17) is 0 Å². The van der Waals surface area contributed by atoms with Crippen LogP contribution in [0.1, 0.15) is 19.4 Å². The summed E-state index contributed by atoms with van der Waals surface area (Å²) >= 11 is 0. The van der Waals surface area contributed by atoms with E-state index in [1.165, 1.54) is 13.8 Å². The molecule has 3 heteroatoms. The Morgan fingerprint density at radius 2 is 1.93 bits per heavy atom. The van der Waals surface area contributed by atoms with Crippen LogP contribution in [0.3, 0.4) is 0 Å². The van der Waals surface area contributed by atoms with E-state index >= 15 is 0 Å². The fourth-order valence-electron chi connectivity index (χ4n) is 0.988. The Balaban J connectivity index is 2.46. The fraction of sp³-hybridized carbons (Fsp3) is 0.364. The van der Waals surface area contributed by atoms with Crippen molar-refractivity contribution < 1.29 is 9.18 Å². The molecule has 0 fully saturated rings. The number of benzene rings is 1. The van der Waals surface area contributed by atoms with Crippen molar-refractivity contribution in [1.82, 2.24) is 5.32 Å². The molecule has 1 aromatic rings. The zero-order valence-electron chi connectivity index (χ0n) is 8.38. The fourth-order valence-corrected chi connectivity index (χ4v) is 0.988. The summed E-state index contributed by atoms with van der Waals surface area (Å²) in [5.41, 5.74) is -0.848. The SMILES string of the molecule is CC(C)(F)C(=O)NCc1ccccc1. The van der Waals surface area contributed by atoms with Gasteiger partial charge < -0.3 is 5.32 Å². The summed E-state index contributed by atoms with van der Waals surface area (Å²) in [7, 11) is 0. The molecule has 1 N–H and O–H groups in total. The van der Waals surface area contributed by atoms with Gasteiger partial charge in [-0.2, -0.15) is 0 Å². The number of alkyl halides is 1. The Bertz CT molecular complexity index is 303. The molecule has 0 unspecified atom stereocenters. The van der Waals surface area contributed by atoms with Crippen LogP contribution in [0.15, 0.2) is 30.3 Å². The van der Waals surface area contributed by atoms with Gasteiger partial charge in [-0.1, -0.05) is 30.3 Å². The number of halogens is 1. The van der Waals surface area contributed by atoms with Crippen LogP contribution in [-0.4, -0.2) is 11.6 Å². The smallest absolute Gasteiger partial charge is 0.257 e. The lowest BCUT2D eigenvalue weighted by molar-refractivity contribution is -0.130. The molecule has 0 saturated carbocycles. The highest BCUT2D eigenvalue weighted by molar-refractivity contribution is 5.83. The Hall–Kier alpha value is -1.38. The van der Waals surface area contributed by atoms with Crippen molar-refractivity contribution in [2.45, 2.75) is 26.1 Å². The number of hydrogen-bond acceptors (Lipinski definition) is 1. The summed E-state index contributed by atoms with van der Waals surface area (Å²) in [5.74, 6) is -0.582. The first-order chi connectivity index (χ1) is 6.50. The van der Waals surface area contributed by atoms with Gasteiger partial charge in [0.25, 0.3) is 5.91 Å². The number of rotatable bonds is 3. The van der Waals surface area contributed by atoms with Gasteiger partial charge in [0.2, 0.25) is 0 Å². The van der Waals surface area contributed by atoms with E-state index in [-0.39, 0.29) is 0 Å². The molecule has 0 radical (unpaired) electrons. The predicted molar refractivity (Wildman–Crippen MR) is 53.5 cm³/mol. The first-order valence-electron chi connectivity index (χ1n) is 4.51. The molecule has 0 aliphatic rings. The van der Waals surface area contributed by atoms with Crippen LogP contribution in [0.25, 0.3) is 0 Å². The van der Waals surface area contributed by atoms with Gasteiger partial charge >= 0.3 is 0 Å². The summed E-state index contributed by atoms with van der Waals surface area (Å²) in [6.45, 7) is 2.85. The van der Waals surface area contributed by atoms with Crippen molar-refractivity contribution in [3.8, 4) is 0 Å². The normalized spacial score (nSPS) is 11.1. The first kappa shape index (κ1) is 10.7. The number of hydrogen-bond donors (Lipinski definition) is 1. The van der Waals surface area contributed by atoms with E-state index in [0.717, 1.165) is 5.56 Å². The number of amides is 1. The third-order valence-corrected chi connectivity index (χ3v) is 1.84. The molecule has 0 saturated heterocycles. The van der Waals surface area contributed by atoms with Crippen molar-refractivity contribution in [2.24, 2.45) is 0 Å². The van der Waals surface area contributed by atoms with Gasteiger partial charge in [0.1, 0.15) is 0 Å². The lowest BCUT2D eigenvalue weighted by atomic mass is 10.1. The molecule has 0 aliphatic heterocycles. The van der Waals surface area contributed by atoms with Crippen LogP contribution >= 0.6 is 0 Å². The largest absolute Gasteiger partial charge is 0.349 e. The maximum Gasteiger partial charge on any atom is 0.257 e. The van der Waals surface area contributed by atoms with Gasteiger partial charge in [-0.25, -0.2) is 4.39 Å². The van der Waals surface area contributed by atoms with E-state index in [1.807, 2.05) is 30.3 Å². The van der Waals surface area contributed by atoms with Crippen molar-refractivity contribution in [3.05, 3.63) is 35.9 Å². The molecule has 0 heterocycles. The minimum atomic E-state index is -1.81. The Labute approximate surface area is 83.1 Å². The van der Waals surface area contributed by atoms with Crippen LogP contribution in [0.5, 0.6) is 0 Å². The van der Waals surface area contributed by atoms with E-state index in [2.05, 4.69) is 5.32 Å². The summed E-state index contributed by atoms with van der Waals surface area (Å²) in [4.78, 5) is 11.2. The maximum atomic E-state index is 13.1. The highest BCUT2D eigenvalue weighted by atomic mass is 19.1. The highest BCUT2D eigenvalue weighted by Crippen LogP contribution is 2.08. The average molecular weight is 195 g/mol. The average Bonchev–Trinajstić information content (AvgIpc) is 2.14. The van der Waals surface area contributed by atoms with Gasteiger partial charge in [0.05, 0.1) is 0 Å². The molecule has 0 atom stereocenters. The topological polar surface area (TPSA) is 29.1 Å². The molecule has 1 amide bonds. The molecule has 14 heavy (non-hydrogen) atoms. The highest BCUT2D eigenvalue weighted by Gasteiger charge is 2.25. The molecular formula is C11H14FNO. The number of carbonyl (C=O) groups is 1. The van der Waals surface area contributed by atoms with Crippen molar-refractivity contribution in [1.29, 1.82) is 0 Å². The van der Waals surface area contributed by atoms with Gasteiger partial charge in [0.15, 0.2) is 5.67 Å². The molecule has 2 nitrogen and oxygen atoms in total. The first-order valence-corrected chi connectivity index (χ1v) is 4.51. The number of carbonyl (C=O) groups excluding carboxylic acids is 1. The van der Waals surface area contributed by atoms with Crippen LogP contribution in [0.2, 0.25) is 0 Å². The van der Waals surface area contributed by atoms with Crippen molar-refractivity contribution >= 4 is 5.91 Å². The van der Waals surface area contributed by atoms with Crippen LogP contribution in [-0.2, 0) is 11.3 Å². The van der Waals surface area contributed by atoms with Crippen molar-refractivity contribution in [3.63, 3.8) is 0 Å². The second kappa shape index (κ2) is 4.22. The third-order valence-electron chi connectivity index (χ3n) is 1.84. The maximum absolute atomic E-state index is 13.1. The minimum absolute atomic E-state index is 0.368. The molecule has 0 spiro atoms. The van der Waals surface area contributed by atoms with E-state index < -0.39 is 11.6 Å². The van der Waals surface area contributed by atoms with Crippen LogP contribution < -0.4 is 5.32 Å². The third kappa shape index (κ3) is 3.17. The zero-order valence-corrected chi connectivity index (χ0v) is 8.38. The lowest BCUT2D eigenvalue weighted by Crippen LogP contribution is -2.38. The quantitative estimate of drug-likeness (QED) is 0.785. The second-order valence-electron chi connectivity index (χ2n) is 3.64. The Morgan fingerprint density at radius 3 is 2.43 bits per heavy atom. The van der Waals surface area contributed by atoms with E-state index in [1.54, 1.807) is 0 Å². The van der Waals surface area contributed by atoms with E-state index in [0.29, 0.717) is 6.54 Å². The molecule has 0 aliphatic carbocycles. The van der Waals surface area contributed by atoms with Crippen LogP contribution in [0.4, 0.5) is 4.39 Å². The van der Waals surface area contributed by atoms with Crippen LogP contribution in [0, 0.1) is 0 Å². The zero-order chi connectivity index (χ0) is 10.6. The monoisotopic (exact) mass is 195 g/mol. The van der Waals surface area contributed by atoms with Gasteiger partial charge in [0, 0.05) is 6.54 Å². The summed E-state index contributed by atoms with van der Waals surface area (Å²) in [6.07, 6.45) is 0. The van der Waals surface area contributed by atoms with Crippen molar-refractivity contribution in [2.75, 3.05) is 0 Å². The summed E-state index contributed by atoms with van der Waals surface area (Å²) < 4.78 is 13.1. The number of nitrogens with one attached hydrogen (secondary N) is 1. The van der Waals surface area contributed by atoms with Gasteiger partial charge in [-0.05, 0) is 19.4 Å². The Kier molecular flexibility index (Phi) is 3.23. The molecule has 1 aromatic carbocycles. The molecule has 0 bridgehead atoms. The summed E-state index contributed by atoms with van der Waals surface area (Å²) in [6, 6.07) is 9.41. The molecule has 76 valence electrons.